The van der Waals surface area contributed by atoms with Gasteiger partial charge in [-0.3, -0.25) is 0 Å². The monoisotopic (exact) mass is 165 g/mol. The first-order chi connectivity index (χ1) is 5.81. The smallest absolute Gasteiger partial charge is 0.133 e. The topological polar surface area (TPSA) is 30.7 Å². The van der Waals surface area contributed by atoms with Crippen molar-refractivity contribution in [1.82, 2.24) is 14.8 Å². The third-order valence-electron chi connectivity index (χ3n) is 2.60. The summed E-state index contributed by atoms with van der Waals surface area (Å²) in [5.41, 5.74) is 0. The summed E-state index contributed by atoms with van der Waals surface area (Å²) in [6.45, 7) is 5.53. The van der Waals surface area contributed by atoms with Gasteiger partial charge in [-0.25, -0.2) is 0 Å². The fourth-order valence-corrected chi connectivity index (χ4v) is 1.81. The average Bonchev–Trinajstić information content (AvgIpc) is 2.46. The second-order valence-corrected chi connectivity index (χ2v) is 3.64. The predicted molar refractivity (Wildman–Crippen MR) is 46.9 cm³/mol. The van der Waals surface area contributed by atoms with Crippen LogP contribution >= 0.6 is 0 Å². The average molecular weight is 165 g/mol. The maximum Gasteiger partial charge on any atom is 0.133 e. The molecular formula is C9H15N3. The van der Waals surface area contributed by atoms with Crippen LogP contribution in [0.1, 0.15) is 31.9 Å². The van der Waals surface area contributed by atoms with Crippen molar-refractivity contribution in [1.29, 1.82) is 0 Å². The first-order valence-electron chi connectivity index (χ1n) is 4.72. The van der Waals surface area contributed by atoms with Crippen molar-refractivity contribution < 1.29 is 0 Å². The Kier molecular flexibility index (Phi) is 1.87. The second kappa shape index (κ2) is 2.88. The van der Waals surface area contributed by atoms with Crippen LogP contribution in [0.5, 0.6) is 0 Å². The van der Waals surface area contributed by atoms with E-state index in [2.05, 4.69) is 28.6 Å². The fourth-order valence-electron chi connectivity index (χ4n) is 1.81. The zero-order valence-electron chi connectivity index (χ0n) is 7.75. The highest BCUT2D eigenvalue weighted by atomic mass is 15.3. The Bertz CT molecular complexity index is 277. The molecule has 0 aromatic carbocycles. The van der Waals surface area contributed by atoms with Crippen LogP contribution in [0.4, 0.5) is 0 Å². The summed E-state index contributed by atoms with van der Waals surface area (Å²) in [5.74, 6) is 3.12. The highest BCUT2D eigenvalue weighted by Crippen LogP contribution is 2.19. The number of hydrogen-bond donors (Lipinski definition) is 0. The lowest BCUT2D eigenvalue weighted by Crippen LogP contribution is -2.18. The summed E-state index contributed by atoms with van der Waals surface area (Å²) in [5, 5.41) is 8.35. The van der Waals surface area contributed by atoms with Crippen LogP contribution in [0.3, 0.4) is 0 Å². The molecule has 3 nitrogen and oxygen atoms in total. The zero-order chi connectivity index (χ0) is 8.55. The fraction of sp³-hybridized carbons (Fsp3) is 0.778. The van der Waals surface area contributed by atoms with Gasteiger partial charge in [0.25, 0.3) is 0 Å². The molecule has 0 saturated carbocycles. The number of hydrogen-bond acceptors (Lipinski definition) is 2. The van der Waals surface area contributed by atoms with Crippen LogP contribution in [0.25, 0.3) is 0 Å². The lowest BCUT2D eigenvalue weighted by molar-refractivity contribution is 0.403. The molecule has 0 spiro atoms. The molecule has 0 aliphatic carbocycles. The Morgan fingerprint density at radius 3 is 3.08 bits per heavy atom. The Morgan fingerprint density at radius 1 is 1.50 bits per heavy atom. The molecule has 66 valence electrons. The third kappa shape index (κ3) is 1.13. The van der Waals surface area contributed by atoms with Gasteiger partial charge in [0, 0.05) is 19.4 Å². The van der Waals surface area contributed by atoms with Crippen LogP contribution in [0, 0.1) is 5.92 Å². The normalized spacial score (nSPS) is 22.3. The SMILES string of the molecule is CCc1nnc2n1CCC(C)C2. The van der Waals surface area contributed by atoms with E-state index in [0.29, 0.717) is 0 Å². The van der Waals surface area contributed by atoms with Crippen molar-refractivity contribution in [2.45, 2.75) is 39.7 Å². The van der Waals surface area contributed by atoms with Crippen LogP contribution in [0.2, 0.25) is 0 Å². The Hall–Kier alpha value is -0.860. The molecule has 1 atom stereocenters. The Balaban J connectivity index is 2.32. The van der Waals surface area contributed by atoms with Crippen molar-refractivity contribution >= 4 is 0 Å². The van der Waals surface area contributed by atoms with Crippen molar-refractivity contribution in [2.24, 2.45) is 5.92 Å². The van der Waals surface area contributed by atoms with E-state index in [4.69, 9.17) is 0 Å². The van der Waals surface area contributed by atoms with Gasteiger partial charge in [-0.2, -0.15) is 0 Å². The maximum atomic E-state index is 4.19. The molecule has 0 N–H and O–H groups in total. The lowest BCUT2D eigenvalue weighted by Gasteiger charge is -2.19. The molecule has 0 radical (unpaired) electrons. The number of rotatable bonds is 1. The first kappa shape index (κ1) is 7.77. The van der Waals surface area contributed by atoms with Gasteiger partial charge in [-0.05, 0) is 12.3 Å². The van der Waals surface area contributed by atoms with E-state index >= 15 is 0 Å². The molecule has 0 saturated heterocycles. The largest absolute Gasteiger partial charge is 0.315 e. The van der Waals surface area contributed by atoms with Crippen molar-refractivity contribution in [2.75, 3.05) is 0 Å². The molecule has 0 amide bonds. The predicted octanol–water partition coefficient (Wildman–Crippen LogP) is 1.42. The molecule has 1 aromatic heterocycles. The molecule has 3 heteroatoms. The molecule has 2 rings (SSSR count). The molecule has 12 heavy (non-hydrogen) atoms. The van der Waals surface area contributed by atoms with Crippen molar-refractivity contribution in [3.05, 3.63) is 11.6 Å². The summed E-state index contributed by atoms with van der Waals surface area (Å²) in [7, 11) is 0. The quantitative estimate of drug-likeness (QED) is 0.630. The number of aromatic nitrogens is 3. The van der Waals surface area contributed by atoms with E-state index in [-0.39, 0.29) is 0 Å². The molecule has 0 fully saturated rings. The van der Waals surface area contributed by atoms with Gasteiger partial charge in [0.1, 0.15) is 11.6 Å². The van der Waals surface area contributed by atoms with Gasteiger partial charge in [0.05, 0.1) is 0 Å². The van der Waals surface area contributed by atoms with Crippen LogP contribution in [-0.2, 0) is 19.4 Å². The van der Waals surface area contributed by atoms with E-state index in [9.17, 15) is 0 Å². The molecule has 2 heterocycles. The summed E-state index contributed by atoms with van der Waals surface area (Å²) in [4.78, 5) is 0. The van der Waals surface area contributed by atoms with Gasteiger partial charge in [-0.15, -0.1) is 10.2 Å². The van der Waals surface area contributed by atoms with Gasteiger partial charge in [-0.1, -0.05) is 13.8 Å². The minimum absolute atomic E-state index is 0.784. The van der Waals surface area contributed by atoms with Crippen LogP contribution in [-0.4, -0.2) is 14.8 Å². The van der Waals surface area contributed by atoms with Crippen molar-refractivity contribution in [3.63, 3.8) is 0 Å². The minimum atomic E-state index is 0.784. The maximum absolute atomic E-state index is 4.19. The van der Waals surface area contributed by atoms with Gasteiger partial charge in [0.15, 0.2) is 0 Å². The molecule has 1 aliphatic rings. The molecule has 0 bridgehead atoms. The van der Waals surface area contributed by atoms with E-state index in [1.165, 1.54) is 12.2 Å². The van der Waals surface area contributed by atoms with E-state index in [1.54, 1.807) is 0 Å². The minimum Gasteiger partial charge on any atom is -0.315 e. The number of fused-ring (bicyclic) bond motifs is 1. The molecule has 1 aliphatic heterocycles. The van der Waals surface area contributed by atoms with E-state index in [1.807, 2.05) is 0 Å². The molecule has 1 unspecified atom stereocenters. The highest BCUT2D eigenvalue weighted by Gasteiger charge is 2.18. The summed E-state index contributed by atoms with van der Waals surface area (Å²) < 4.78 is 2.28. The first-order valence-corrected chi connectivity index (χ1v) is 4.72. The van der Waals surface area contributed by atoms with E-state index in [0.717, 1.165) is 31.1 Å². The number of nitrogens with zero attached hydrogens (tertiary/aromatic N) is 3. The van der Waals surface area contributed by atoms with Gasteiger partial charge in [0.2, 0.25) is 0 Å². The van der Waals surface area contributed by atoms with Gasteiger partial charge < -0.3 is 4.57 Å². The zero-order valence-corrected chi connectivity index (χ0v) is 7.75. The molecule has 1 aromatic rings. The summed E-state index contributed by atoms with van der Waals surface area (Å²) >= 11 is 0. The lowest BCUT2D eigenvalue weighted by atomic mass is 10.0. The van der Waals surface area contributed by atoms with Gasteiger partial charge >= 0.3 is 0 Å². The van der Waals surface area contributed by atoms with Crippen LogP contribution < -0.4 is 0 Å². The van der Waals surface area contributed by atoms with E-state index < -0.39 is 0 Å². The summed E-state index contributed by atoms with van der Waals surface area (Å²) in [6, 6.07) is 0. The van der Waals surface area contributed by atoms with Crippen LogP contribution in [0.15, 0.2) is 0 Å². The Morgan fingerprint density at radius 2 is 2.33 bits per heavy atom. The van der Waals surface area contributed by atoms with Crippen molar-refractivity contribution in [3.8, 4) is 0 Å². The molecular weight excluding hydrogens is 150 g/mol. The highest BCUT2D eigenvalue weighted by molar-refractivity contribution is 4.99. The standard InChI is InChI=1S/C9H15N3/c1-3-8-10-11-9-6-7(2)4-5-12(8)9/h7H,3-6H2,1-2H3. The number of aryl methyl sites for hydroxylation is 1. The summed E-state index contributed by atoms with van der Waals surface area (Å²) in [6.07, 6.45) is 3.38. The third-order valence-corrected chi connectivity index (χ3v) is 2.60. The second-order valence-electron chi connectivity index (χ2n) is 3.64. The Labute approximate surface area is 72.8 Å².